The van der Waals surface area contributed by atoms with Gasteiger partial charge in [0.25, 0.3) is 0 Å². The highest BCUT2D eigenvalue weighted by molar-refractivity contribution is 7.98. The van der Waals surface area contributed by atoms with Crippen LogP contribution in [0.1, 0.15) is 77.6 Å². The van der Waals surface area contributed by atoms with Gasteiger partial charge >= 0.3 is 0 Å². The fourth-order valence-electron chi connectivity index (χ4n) is 2.29. The first-order chi connectivity index (χ1) is 8.85. The summed E-state index contributed by atoms with van der Waals surface area (Å²) in [4.78, 5) is 0. The lowest BCUT2D eigenvalue weighted by molar-refractivity contribution is 0.490. The first-order valence-electron chi connectivity index (χ1n) is 7.80. The van der Waals surface area contributed by atoms with Crippen molar-refractivity contribution in [2.75, 3.05) is 12.0 Å². The van der Waals surface area contributed by atoms with Gasteiger partial charge in [0, 0.05) is 11.8 Å². The Morgan fingerprint density at radius 1 is 0.889 bits per heavy atom. The summed E-state index contributed by atoms with van der Waals surface area (Å²) in [6.45, 7) is 2.28. The minimum absolute atomic E-state index is 0.508. The van der Waals surface area contributed by atoms with Crippen molar-refractivity contribution >= 4 is 11.8 Å². The second kappa shape index (κ2) is 15.3. The van der Waals surface area contributed by atoms with Crippen molar-refractivity contribution in [2.24, 2.45) is 5.84 Å². The van der Waals surface area contributed by atoms with Crippen molar-refractivity contribution in [1.29, 1.82) is 0 Å². The summed E-state index contributed by atoms with van der Waals surface area (Å²) in [7, 11) is 0. The third-order valence-electron chi connectivity index (χ3n) is 3.51. The number of unbranched alkanes of at least 4 members (excludes halogenated alkanes) is 9. The van der Waals surface area contributed by atoms with Gasteiger partial charge in [-0.1, -0.05) is 71.1 Å². The Morgan fingerprint density at radius 2 is 1.39 bits per heavy atom. The smallest absolute Gasteiger partial charge is 0.0301 e. The molecule has 0 aliphatic carbocycles. The van der Waals surface area contributed by atoms with E-state index in [0.717, 1.165) is 5.75 Å². The Hall–Kier alpha value is 0.270. The highest BCUT2D eigenvalue weighted by atomic mass is 32.2. The lowest BCUT2D eigenvalue weighted by Gasteiger charge is -2.13. The van der Waals surface area contributed by atoms with Gasteiger partial charge in [0.2, 0.25) is 0 Å². The van der Waals surface area contributed by atoms with Crippen LogP contribution >= 0.6 is 11.8 Å². The van der Waals surface area contributed by atoms with Gasteiger partial charge in [-0.2, -0.15) is 11.8 Å². The molecule has 0 heterocycles. The molecule has 0 aliphatic rings. The maximum absolute atomic E-state index is 5.52. The Kier molecular flexibility index (Phi) is 15.6. The molecule has 0 aromatic heterocycles. The summed E-state index contributed by atoms with van der Waals surface area (Å²) < 4.78 is 0. The molecule has 0 aromatic carbocycles. The third kappa shape index (κ3) is 12.7. The van der Waals surface area contributed by atoms with Gasteiger partial charge < -0.3 is 0 Å². The predicted octanol–water partition coefficient (Wildman–Crippen LogP) is 4.49. The molecular formula is C15H34N2S. The molecule has 0 bridgehead atoms. The van der Waals surface area contributed by atoms with Gasteiger partial charge in [0.1, 0.15) is 0 Å². The maximum Gasteiger partial charge on any atom is 0.0301 e. The number of nitrogens with one attached hydrogen (secondary N) is 1. The van der Waals surface area contributed by atoms with E-state index in [4.69, 9.17) is 5.84 Å². The summed E-state index contributed by atoms with van der Waals surface area (Å²) in [5, 5.41) is 0. The van der Waals surface area contributed by atoms with E-state index < -0.39 is 0 Å². The molecule has 0 saturated heterocycles. The monoisotopic (exact) mass is 274 g/mol. The quantitative estimate of drug-likeness (QED) is 0.278. The standard InChI is InChI=1S/C15H34N2S/c1-3-4-5-6-7-8-9-10-11-12-13-15(17-16)14-18-2/h15,17H,3-14,16H2,1-2H3. The molecule has 1 atom stereocenters. The molecule has 0 aliphatic heterocycles. The minimum atomic E-state index is 0.508. The van der Waals surface area contributed by atoms with E-state index >= 15 is 0 Å². The molecule has 0 amide bonds. The zero-order valence-electron chi connectivity index (χ0n) is 12.5. The number of rotatable bonds is 14. The summed E-state index contributed by atoms with van der Waals surface area (Å²) in [5.74, 6) is 6.65. The molecule has 0 spiro atoms. The van der Waals surface area contributed by atoms with Crippen LogP contribution in [0.3, 0.4) is 0 Å². The summed E-state index contributed by atoms with van der Waals surface area (Å²) in [6.07, 6.45) is 17.4. The molecule has 3 heteroatoms. The molecule has 0 aromatic rings. The van der Waals surface area contributed by atoms with E-state index in [2.05, 4.69) is 18.6 Å². The van der Waals surface area contributed by atoms with Gasteiger partial charge in [0.15, 0.2) is 0 Å². The number of thioether (sulfide) groups is 1. The van der Waals surface area contributed by atoms with Crippen molar-refractivity contribution in [3.63, 3.8) is 0 Å². The Bertz CT molecular complexity index is 153. The lowest BCUT2D eigenvalue weighted by atomic mass is 10.0. The molecule has 1 unspecified atom stereocenters. The van der Waals surface area contributed by atoms with Gasteiger partial charge in [0.05, 0.1) is 0 Å². The highest BCUT2D eigenvalue weighted by Gasteiger charge is 2.04. The highest BCUT2D eigenvalue weighted by Crippen LogP contribution is 2.12. The number of hydrogen-bond donors (Lipinski definition) is 2. The Morgan fingerprint density at radius 3 is 1.83 bits per heavy atom. The first kappa shape index (κ1) is 18.3. The van der Waals surface area contributed by atoms with Crippen LogP contribution in [0, 0.1) is 0 Å². The van der Waals surface area contributed by atoms with Gasteiger partial charge in [-0.05, 0) is 12.7 Å². The van der Waals surface area contributed by atoms with Crippen molar-refractivity contribution in [3.05, 3.63) is 0 Å². The van der Waals surface area contributed by atoms with Crippen molar-refractivity contribution in [2.45, 2.75) is 83.6 Å². The number of hydrazine groups is 1. The Balaban J connectivity index is 3.10. The molecule has 0 rings (SSSR count). The van der Waals surface area contributed by atoms with Crippen molar-refractivity contribution in [1.82, 2.24) is 5.43 Å². The van der Waals surface area contributed by atoms with Crippen molar-refractivity contribution < 1.29 is 0 Å². The van der Waals surface area contributed by atoms with Crippen molar-refractivity contribution in [3.8, 4) is 0 Å². The molecule has 110 valence electrons. The SMILES string of the molecule is CCCCCCCCCCCCC(CSC)NN. The van der Waals surface area contributed by atoms with Crippen LogP contribution in [-0.4, -0.2) is 18.1 Å². The topological polar surface area (TPSA) is 38.0 Å². The average Bonchev–Trinajstić information content (AvgIpc) is 2.39. The molecule has 18 heavy (non-hydrogen) atoms. The van der Waals surface area contributed by atoms with Gasteiger partial charge in [-0.25, -0.2) is 0 Å². The molecule has 0 radical (unpaired) electrons. The Labute approximate surface area is 119 Å². The van der Waals surface area contributed by atoms with Crippen LogP contribution in [0.5, 0.6) is 0 Å². The van der Waals surface area contributed by atoms with Gasteiger partial charge in [-0.3, -0.25) is 11.3 Å². The normalized spacial score (nSPS) is 12.8. The zero-order valence-corrected chi connectivity index (χ0v) is 13.4. The number of hydrogen-bond acceptors (Lipinski definition) is 3. The van der Waals surface area contributed by atoms with Crippen LogP contribution in [0.2, 0.25) is 0 Å². The van der Waals surface area contributed by atoms with E-state index in [-0.39, 0.29) is 0 Å². The predicted molar refractivity (Wildman–Crippen MR) is 86.0 cm³/mol. The first-order valence-corrected chi connectivity index (χ1v) is 9.19. The summed E-state index contributed by atoms with van der Waals surface area (Å²) >= 11 is 1.87. The second-order valence-corrected chi connectivity index (χ2v) is 6.20. The fourth-order valence-corrected chi connectivity index (χ4v) is 2.96. The second-order valence-electron chi connectivity index (χ2n) is 5.29. The van der Waals surface area contributed by atoms with Crippen LogP contribution in [0.25, 0.3) is 0 Å². The molecule has 2 nitrogen and oxygen atoms in total. The van der Waals surface area contributed by atoms with Crippen LogP contribution in [0.15, 0.2) is 0 Å². The van der Waals surface area contributed by atoms with E-state index in [1.807, 2.05) is 11.8 Å². The fraction of sp³-hybridized carbons (Fsp3) is 1.00. The molecular weight excluding hydrogens is 240 g/mol. The summed E-state index contributed by atoms with van der Waals surface area (Å²) in [5.41, 5.74) is 2.91. The van der Waals surface area contributed by atoms with E-state index in [1.54, 1.807) is 0 Å². The van der Waals surface area contributed by atoms with Crippen LogP contribution in [0.4, 0.5) is 0 Å². The van der Waals surface area contributed by atoms with Gasteiger partial charge in [-0.15, -0.1) is 0 Å². The van der Waals surface area contributed by atoms with E-state index in [9.17, 15) is 0 Å². The minimum Gasteiger partial charge on any atom is -0.271 e. The maximum atomic E-state index is 5.52. The average molecular weight is 275 g/mol. The molecule has 0 fully saturated rings. The lowest BCUT2D eigenvalue weighted by Crippen LogP contribution is -2.36. The third-order valence-corrected chi connectivity index (χ3v) is 4.25. The van der Waals surface area contributed by atoms with E-state index in [0.29, 0.717) is 6.04 Å². The van der Waals surface area contributed by atoms with E-state index in [1.165, 1.54) is 70.6 Å². The molecule has 3 N–H and O–H groups in total. The largest absolute Gasteiger partial charge is 0.271 e. The van der Waals surface area contributed by atoms with Crippen LogP contribution < -0.4 is 11.3 Å². The molecule has 0 saturated carbocycles. The number of nitrogens with two attached hydrogens (primary N) is 1. The zero-order chi connectivity index (χ0) is 13.5. The van der Waals surface area contributed by atoms with Crippen LogP contribution in [-0.2, 0) is 0 Å². The summed E-state index contributed by atoms with van der Waals surface area (Å²) in [6, 6.07) is 0.508.